The quantitative estimate of drug-likeness (QED) is 0.849. The van der Waals surface area contributed by atoms with Gasteiger partial charge in [-0.3, -0.25) is 9.69 Å². The molecule has 2 aromatic carbocycles. The highest BCUT2D eigenvalue weighted by atomic mass is 16.5. The molecule has 0 bridgehead atoms. The van der Waals surface area contributed by atoms with Crippen LogP contribution in [0.25, 0.3) is 10.8 Å². The third-order valence-electron chi connectivity index (χ3n) is 4.55. The normalized spacial score (nSPS) is 21.7. The van der Waals surface area contributed by atoms with Gasteiger partial charge in [-0.25, -0.2) is 0 Å². The Kier molecular flexibility index (Phi) is 5.02. The van der Waals surface area contributed by atoms with Crippen LogP contribution < -0.4 is 10.5 Å². The minimum absolute atomic E-state index is 0.0215. The largest absolute Gasteiger partial charge is 0.492 e. The average Bonchev–Trinajstić information content (AvgIpc) is 2.54. The first-order valence-corrected chi connectivity index (χ1v) is 8.39. The number of likely N-dealkylation sites (tertiary alicyclic amines) is 1. The topological polar surface area (TPSA) is 75.8 Å². The van der Waals surface area contributed by atoms with Gasteiger partial charge in [0.2, 0.25) is 5.91 Å². The lowest BCUT2D eigenvalue weighted by Gasteiger charge is -2.38. The molecule has 2 aromatic rings. The van der Waals surface area contributed by atoms with Gasteiger partial charge in [0.15, 0.2) is 0 Å². The molecule has 128 valence electrons. The number of carbonyl (C=O) groups is 1. The van der Waals surface area contributed by atoms with Crippen molar-refractivity contribution in [3.05, 3.63) is 42.5 Å². The van der Waals surface area contributed by atoms with Crippen LogP contribution in [0.15, 0.2) is 42.5 Å². The molecule has 1 aliphatic rings. The van der Waals surface area contributed by atoms with Crippen molar-refractivity contribution in [2.45, 2.75) is 24.9 Å². The van der Waals surface area contributed by atoms with Crippen molar-refractivity contribution in [3.8, 4) is 5.75 Å². The highest BCUT2D eigenvalue weighted by molar-refractivity contribution is 5.88. The Balaban J connectivity index is 1.57. The summed E-state index contributed by atoms with van der Waals surface area (Å²) >= 11 is 0. The summed E-state index contributed by atoms with van der Waals surface area (Å²) in [5.41, 5.74) is 4.24. The molecule has 1 fully saturated rings. The van der Waals surface area contributed by atoms with E-state index >= 15 is 0 Å². The van der Waals surface area contributed by atoms with Gasteiger partial charge in [0.1, 0.15) is 12.4 Å². The van der Waals surface area contributed by atoms with Crippen LogP contribution in [0.1, 0.15) is 19.3 Å². The number of primary amides is 1. The molecular formula is C19H24N2O3. The highest BCUT2D eigenvalue weighted by Crippen LogP contribution is 2.26. The Bertz CT molecular complexity index is 713. The molecule has 3 N–H and O–H groups in total. The second-order valence-corrected chi connectivity index (χ2v) is 6.57. The second-order valence-electron chi connectivity index (χ2n) is 6.57. The van der Waals surface area contributed by atoms with Crippen LogP contribution in [0, 0.1) is 0 Å². The molecule has 3 rings (SSSR count). The molecule has 1 aliphatic heterocycles. The summed E-state index contributed by atoms with van der Waals surface area (Å²) < 4.78 is 5.96. The Morgan fingerprint density at radius 2 is 2.04 bits per heavy atom. The third-order valence-corrected chi connectivity index (χ3v) is 4.55. The standard InChI is InChI=1S/C19H24N2O3/c20-18(22)13-19(23)9-4-10-21(14-19)11-12-24-17-8-3-6-15-5-1-2-7-16(15)17/h1-3,5-8,23H,4,9-14H2,(H2,20,22). The lowest BCUT2D eigenvalue weighted by atomic mass is 9.89. The maximum atomic E-state index is 11.1. The maximum absolute atomic E-state index is 11.1. The number of benzene rings is 2. The number of nitrogens with zero attached hydrogens (tertiary/aromatic N) is 1. The zero-order chi connectivity index (χ0) is 17.0. The first kappa shape index (κ1) is 16.7. The van der Waals surface area contributed by atoms with E-state index in [0.29, 0.717) is 26.1 Å². The monoisotopic (exact) mass is 328 g/mol. The van der Waals surface area contributed by atoms with Crippen molar-refractivity contribution in [2.75, 3.05) is 26.2 Å². The zero-order valence-corrected chi connectivity index (χ0v) is 13.8. The Morgan fingerprint density at radius 1 is 1.25 bits per heavy atom. The van der Waals surface area contributed by atoms with Gasteiger partial charge in [-0.15, -0.1) is 0 Å². The first-order chi connectivity index (χ1) is 11.6. The predicted octanol–water partition coefficient (Wildman–Crippen LogP) is 1.92. The van der Waals surface area contributed by atoms with Crippen molar-refractivity contribution < 1.29 is 14.6 Å². The number of fused-ring (bicyclic) bond motifs is 1. The molecule has 0 aliphatic carbocycles. The highest BCUT2D eigenvalue weighted by Gasteiger charge is 2.34. The minimum atomic E-state index is -0.997. The summed E-state index contributed by atoms with van der Waals surface area (Å²) in [6, 6.07) is 14.2. The van der Waals surface area contributed by atoms with Gasteiger partial charge >= 0.3 is 0 Å². The SMILES string of the molecule is NC(=O)CC1(O)CCCN(CCOc2cccc3ccccc23)C1. The fraction of sp³-hybridized carbons (Fsp3) is 0.421. The molecule has 24 heavy (non-hydrogen) atoms. The Labute approximate surface area is 142 Å². The van der Waals surface area contributed by atoms with Crippen LogP contribution in [-0.2, 0) is 4.79 Å². The number of carbonyl (C=O) groups excluding carboxylic acids is 1. The molecule has 1 saturated heterocycles. The molecule has 1 unspecified atom stereocenters. The molecule has 5 heteroatoms. The molecule has 0 saturated carbocycles. The fourth-order valence-electron chi connectivity index (χ4n) is 3.47. The van der Waals surface area contributed by atoms with Crippen molar-refractivity contribution in [1.29, 1.82) is 0 Å². The molecule has 1 amide bonds. The van der Waals surface area contributed by atoms with E-state index in [1.165, 1.54) is 0 Å². The van der Waals surface area contributed by atoms with Crippen molar-refractivity contribution in [1.82, 2.24) is 4.90 Å². The lowest BCUT2D eigenvalue weighted by molar-refractivity contribution is -0.125. The van der Waals surface area contributed by atoms with Gasteiger partial charge < -0.3 is 15.6 Å². The van der Waals surface area contributed by atoms with E-state index in [2.05, 4.69) is 23.1 Å². The van der Waals surface area contributed by atoms with Gasteiger partial charge in [-0.1, -0.05) is 36.4 Å². The van der Waals surface area contributed by atoms with Crippen LogP contribution >= 0.6 is 0 Å². The van der Waals surface area contributed by atoms with E-state index in [-0.39, 0.29) is 6.42 Å². The number of hydrogen-bond acceptors (Lipinski definition) is 4. The summed E-state index contributed by atoms with van der Waals surface area (Å²) in [4.78, 5) is 13.3. The number of ether oxygens (including phenoxy) is 1. The van der Waals surface area contributed by atoms with Crippen LogP contribution in [0.2, 0.25) is 0 Å². The summed E-state index contributed by atoms with van der Waals surface area (Å²) in [6.07, 6.45) is 1.50. The zero-order valence-electron chi connectivity index (χ0n) is 13.8. The number of nitrogens with two attached hydrogens (primary N) is 1. The van der Waals surface area contributed by atoms with E-state index in [4.69, 9.17) is 10.5 Å². The summed E-state index contributed by atoms with van der Waals surface area (Å²) in [5.74, 6) is 0.420. The Morgan fingerprint density at radius 3 is 2.88 bits per heavy atom. The fourth-order valence-corrected chi connectivity index (χ4v) is 3.47. The second kappa shape index (κ2) is 7.20. The molecule has 0 spiro atoms. The van der Waals surface area contributed by atoms with E-state index < -0.39 is 11.5 Å². The Hall–Kier alpha value is -2.11. The molecule has 0 radical (unpaired) electrons. The van der Waals surface area contributed by atoms with Gasteiger partial charge in [-0.2, -0.15) is 0 Å². The maximum Gasteiger partial charge on any atom is 0.220 e. The first-order valence-electron chi connectivity index (χ1n) is 8.39. The average molecular weight is 328 g/mol. The third kappa shape index (κ3) is 4.04. The van der Waals surface area contributed by atoms with Gasteiger partial charge in [0.05, 0.1) is 12.0 Å². The molecule has 5 nitrogen and oxygen atoms in total. The van der Waals surface area contributed by atoms with E-state index in [1.807, 2.05) is 24.3 Å². The number of aliphatic hydroxyl groups is 1. The molecule has 0 aromatic heterocycles. The number of amides is 1. The lowest BCUT2D eigenvalue weighted by Crippen LogP contribution is -2.50. The van der Waals surface area contributed by atoms with E-state index in [1.54, 1.807) is 0 Å². The predicted molar refractivity (Wildman–Crippen MR) is 93.9 cm³/mol. The van der Waals surface area contributed by atoms with Gasteiger partial charge in [0, 0.05) is 18.5 Å². The molecule has 1 heterocycles. The number of hydrogen-bond donors (Lipinski definition) is 2. The summed E-state index contributed by atoms with van der Waals surface area (Å²) in [6.45, 7) is 2.62. The van der Waals surface area contributed by atoms with Crippen LogP contribution in [0.3, 0.4) is 0 Å². The summed E-state index contributed by atoms with van der Waals surface area (Å²) in [7, 11) is 0. The minimum Gasteiger partial charge on any atom is -0.492 e. The summed E-state index contributed by atoms with van der Waals surface area (Å²) in [5, 5.41) is 12.7. The van der Waals surface area contributed by atoms with E-state index in [9.17, 15) is 9.90 Å². The van der Waals surface area contributed by atoms with E-state index in [0.717, 1.165) is 29.5 Å². The number of β-amino-alcohol motifs (C(OH)–C–C–N with tert-alkyl or cyclic N) is 1. The number of rotatable bonds is 6. The van der Waals surface area contributed by atoms with Crippen molar-refractivity contribution in [2.24, 2.45) is 5.73 Å². The van der Waals surface area contributed by atoms with Gasteiger partial charge in [0.25, 0.3) is 0 Å². The van der Waals surface area contributed by atoms with Crippen molar-refractivity contribution >= 4 is 16.7 Å². The number of piperidine rings is 1. The van der Waals surface area contributed by atoms with Crippen LogP contribution in [0.5, 0.6) is 5.75 Å². The van der Waals surface area contributed by atoms with Crippen LogP contribution in [0.4, 0.5) is 0 Å². The van der Waals surface area contributed by atoms with Crippen molar-refractivity contribution in [3.63, 3.8) is 0 Å². The molecule has 1 atom stereocenters. The van der Waals surface area contributed by atoms with Crippen LogP contribution in [-0.4, -0.2) is 47.8 Å². The smallest absolute Gasteiger partial charge is 0.220 e. The molecular weight excluding hydrogens is 304 g/mol. The van der Waals surface area contributed by atoms with Gasteiger partial charge in [-0.05, 0) is 30.8 Å².